The highest BCUT2D eigenvalue weighted by molar-refractivity contribution is 5.77. The lowest BCUT2D eigenvalue weighted by atomic mass is 9.67. The van der Waals surface area contributed by atoms with Crippen molar-refractivity contribution in [2.75, 3.05) is 0 Å². The number of cyclic esters (lactones) is 1. The topological polar surface area (TPSA) is 35.5 Å². The molecule has 0 radical (unpaired) electrons. The molecular formula is C13H14O3. The molecule has 0 saturated carbocycles. The van der Waals surface area contributed by atoms with Crippen molar-refractivity contribution < 1.29 is 14.3 Å². The highest BCUT2D eigenvalue weighted by atomic mass is 16.6. The number of ether oxygens (including phenoxy) is 2. The summed E-state index contributed by atoms with van der Waals surface area (Å²) in [7, 11) is 0. The third-order valence-corrected chi connectivity index (χ3v) is 4.56. The Labute approximate surface area is 94.1 Å². The second kappa shape index (κ2) is 2.77. The Morgan fingerprint density at radius 2 is 1.81 bits per heavy atom. The Balaban J connectivity index is 1.77. The van der Waals surface area contributed by atoms with E-state index in [1.54, 1.807) is 0 Å². The quantitative estimate of drug-likeness (QED) is 0.575. The van der Waals surface area contributed by atoms with Gasteiger partial charge in [0, 0.05) is 17.8 Å². The van der Waals surface area contributed by atoms with Gasteiger partial charge in [-0.2, -0.15) is 0 Å². The Kier molecular flexibility index (Phi) is 1.56. The first-order chi connectivity index (χ1) is 7.77. The minimum Gasteiger partial charge on any atom is -0.462 e. The molecule has 0 aromatic carbocycles. The van der Waals surface area contributed by atoms with E-state index in [-0.39, 0.29) is 36.1 Å². The molecule has 1 aliphatic carbocycles. The van der Waals surface area contributed by atoms with Crippen LogP contribution in [-0.4, -0.2) is 24.3 Å². The normalized spacial score (nSPS) is 56.3. The van der Waals surface area contributed by atoms with Gasteiger partial charge in [0.1, 0.15) is 6.10 Å². The average Bonchev–Trinajstić information content (AvgIpc) is 2.91. The number of fused-ring (bicyclic) bond motifs is 8. The fourth-order valence-corrected chi connectivity index (χ4v) is 3.95. The first-order valence-electron chi connectivity index (χ1n) is 5.98. The van der Waals surface area contributed by atoms with E-state index < -0.39 is 0 Å². The lowest BCUT2D eigenvalue weighted by Gasteiger charge is -2.31. The number of rotatable bonds is 0. The van der Waals surface area contributed by atoms with E-state index in [4.69, 9.17) is 9.47 Å². The van der Waals surface area contributed by atoms with Crippen molar-refractivity contribution in [1.82, 2.24) is 0 Å². The number of hydrogen-bond donors (Lipinski definition) is 0. The zero-order chi connectivity index (χ0) is 10.9. The molecule has 0 spiro atoms. The summed E-state index contributed by atoms with van der Waals surface area (Å²) in [5.74, 6) is 1.04. The monoisotopic (exact) mass is 218 g/mol. The zero-order valence-electron chi connectivity index (χ0n) is 9.08. The number of esters is 1. The van der Waals surface area contributed by atoms with Gasteiger partial charge in [-0.15, -0.1) is 0 Å². The van der Waals surface area contributed by atoms with Gasteiger partial charge in [0.05, 0.1) is 18.1 Å². The molecule has 0 aromatic heterocycles. The highest BCUT2D eigenvalue weighted by Gasteiger charge is 2.65. The van der Waals surface area contributed by atoms with Gasteiger partial charge in [-0.1, -0.05) is 24.3 Å². The smallest absolute Gasteiger partial charge is 0.312 e. The van der Waals surface area contributed by atoms with Crippen molar-refractivity contribution in [3.8, 4) is 0 Å². The van der Waals surface area contributed by atoms with E-state index in [2.05, 4.69) is 24.3 Å². The van der Waals surface area contributed by atoms with Gasteiger partial charge in [0.15, 0.2) is 0 Å². The second-order valence-electron chi connectivity index (χ2n) is 5.23. The van der Waals surface area contributed by atoms with E-state index >= 15 is 0 Å². The minimum atomic E-state index is -0.0496. The van der Waals surface area contributed by atoms with E-state index in [9.17, 15) is 4.79 Å². The van der Waals surface area contributed by atoms with Crippen molar-refractivity contribution in [3.63, 3.8) is 0 Å². The van der Waals surface area contributed by atoms with Crippen LogP contribution in [0.1, 0.15) is 6.92 Å². The predicted octanol–water partition coefficient (Wildman–Crippen LogP) is 1.30. The van der Waals surface area contributed by atoms with E-state index in [1.165, 1.54) is 0 Å². The van der Waals surface area contributed by atoms with Gasteiger partial charge in [0.25, 0.3) is 0 Å². The minimum absolute atomic E-state index is 0.0163. The van der Waals surface area contributed by atoms with Crippen LogP contribution in [-0.2, 0) is 14.3 Å². The summed E-state index contributed by atoms with van der Waals surface area (Å²) < 4.78 is 11.4. The highest BCUT2D eigenvalue weighted by Crippen LogP contribution is 2.56. The number of hydrogen-bond acceptors (Lipinski definition) is 3. The summed E-state index contributed by atoms with van der Waals surface area (Å²) in [4.78, 5) is 11.8. The Morgan fingerprint density at radius 3 is 2.56 bits per heavy atom. The molecule has 0 aromatic rings. The second-order valence-corrected chi connectivity index (χ2v) is 5.23. The van der Waals surface area contributed by atoms with Crippen molar-refractivity contribution in [3.05, 3.63) is 24.3 Å². The maximum Gasteiger partial charge on any atom is 0.312 e. The number of carbonyl (C=O) groups is 1. The van der Waals surface area contributed by atoms with Crippen molar-refractivity contribution in [2.45, 2.75) is 25.2 Å². The van der Waals surface area contributed by atoms with E-state index in [0.29, 0.717) is 11.8 Å². The molecule has 3 fully saturated rings. The van der Waals surface area contributed by atoms with Gasteiger partial charge in [0.2, 0.25) is 0 Å². The zero-order valence-corrected chi connectivity index (χ0v) is 9.08. The molecule has 3 heterocycles. The van der Waals surface area contributed by atoms with Crippen LogP contribution >= 0.6 is 0 Å². The van der Waals surface area contributed by atoms with Gasteiger partial charge in [-0.3, -0.25) is 4.79 Å². The van der Waals surface area contributed by atoms with Crippen LogP contribution < -0.4 is 0 Å². The molecule has 0 amide bonds. The van der Waals surface area contributed by atoms with Crippen LogP contribution in [0.15, 0.2) is 24.3 Å². The molecule has 3 saturated heterocycles. The van der Waals surface area contributed by atoms with Crippen LogP contribution in [0.2, 0.25) is 0 Å². The maximum atomic E-state index is 11.8. The lowest BCUT2D eigenvalue weighted by molar-refractivity contribution is -0.147. The predicted molar refractivity (Wildman–Crippen MR) is 56.5 cm³/mol. The Hall–Kier alpha value is -1.09. The van der Waals surface area contributed by atoms with Crippen LogP contribution in [0.25, 0.3) is 0 Å². The lowest BCUT2D eigenvalue weighted by Crippen LogP contribution is -2.40. The van der Waals surface area contributed by atoms with Crippen molar-refractivity contribution >= 4 is 5.97 Å². The first-order valence-corrected chi connectivity index (χ1v) is 5.98. The molecular weight excluding hydrogens is 204 g/mol. The van der Waals surface area contributed by atoms with Crippen LogP contribution in [0.5, 0.6) is 0 Å². The first kappa shape index (κ1) is 8.99. The molecule has 3 nitrogen and oxygen atoms in total. The average molecular weight is 218 g/mol. The Bertz CT molecular complexity index is 411. The molecule has 0 N–H and O–H groups in total. The van der Waals surface area contributed by atoms with Crippen LogP contribution in [0.3, 0.4) is 0 Å². The van der Waals surface area contributed by atoms with Crippen molar-refractivity contribution in [1.29, 1.82) is 0 Å². The molecule has 16 heavy (non-hydrogen) atoms. The fraction of sp³-hybridized carbons (Fsp3) is 0.615. The summed E-state index contributed by atoms with van der Waals surface area (Å²) in [6.45, 7) is 1.99. The van der Waals surface area contributed by atoms with E-state index in [0.717, 1.165) is 0 Å². The summed E-state index contributed by atoms with van der Waals surface area (Å²) in [6, 6.07) is 0. The van der Waals surface area contributed by atoms with E-state index in [1.807, 2.05) is 6.92 Å². The molecule has 3 heteroatoms. The largest absolute Gasteiger partial charge is 0.462 e. The third kappa shape index (κ3) is 0.869. The van der Waals surface area contributed by atoms with Gasteiger partial charge >= 0.3 is 5.97 Å². The molecule has 7 atom stereocenters. The summed E-state index contributed by atoms with van der Waals surface area (Å²) >= 11 is 0. The van der Waals surface area contributed by atoms with Gasteiger partial charge < -0.3 is 9.47 Å². The van der Waals surface area contributed by atoms with Crippen LogP contribution in [0.4, 0.5) is 0 Å². The Morgan fingerprint density at radius 1 is 1.12 bits per heavy atom. The summed E-state index contributed by atoms with van der Waals surface area (Å²) in [6.07, 6.45) is 8.81. The molecule has 4 rings (SSSR count). The molecule has 84 valence electrons. The summed E-state index contributed by atoms with van der Waals surface area (Å²) in [5, 5.41) is 0. The van der Waals surface area contributed by atoms with Crippen LogP contribution in [0, 0.1) is 23.7 Å². The molecule has 3 aliphatic heterocycles. The SMILES string of the molecule is C[C@@H]1OC(=O)[C@H]2[C@H]3O[C@H]([C@H]4C=CC=C[C@H]43)[C@H]21. The summed E-state index contributed by atoms with van der Waals surface area (Å²) in [5.41, 5.74) is 0. The molecule has 0 unspecified atom stereocenters. The fourth-order valence-electron chi connectivity index (χ4n) is 3.95. The van der Waals surface area contributed by atoms with Crippen molar-refractivity contribution in [2.24, 2.45) is 23.7 Å². The third-order valence-electron chi connectivity index (χ3n) is 4.56. The number of allylic oxidation sites excluding steroid dienone is 2. The van der Waals surface area contributed by atoms with Gasteiger partial charge in [-0.05, 0) is 6.92 Å². The van der Waals surface area contributed by atoms with Gasteiger partial charge in [-0.25, -0.2) is 0 Å². The standard InChI is InChI=1S/C13H14O3/c1-6-9-10(13(14)15-6)12-8-5-3-2-4-7(8)11(9)16-12/h2-12H,1H3/t6-,7-,8+,9-,10+,11+,12-/m0/s1. The maximum absolute atomic E-state index is 11.8. The molecule has 2 bridgehead atoms. The molecule has 4 aliphatic rings. The number of carbonyl (C=O) groups excluding carboxylic acids is 1.